The summed E-state index contributed by atoms with van der Waals surface area (Å²) < 4.78 is 1.19. The largest absolute Gasteiger partial charge is 0.357 e. The average molecular weight is 395 g/mol. The minimum absolute atomic E-state index is 0.128. The molecular formula is C17H20Cl2N6O. The SMILES string of the molecule is N=Cn1nc(N(CCCc2cc(Cl)cc(Cl)c2)CCNC=O)ccc1=N. The molecule has 1 aromatic heterocycles. The van der Waals surface area contributed by atoms with Gasteiger partial charge in [-0.25, -0.2) is 4.68 Å². The van der Waals surface area contributed by atoms with Crippen molar-refractivity contribution in [3.63, 3.8) is 0 Å². The Bertz CT molecular complexity index is 803. The van der Waals surface area contributed by atoms with Crippen molar-refractivity contribution < 1.29 is 4.79 Å². The molecule has 0 aliphatic carbocycles. The van der Waals surface area contributed by atoms with Gasteiger partial charge in [0, 0.05) is 29.7 Å². The minimum atomic E-state index is 0.128. The van der Waals surface area contributed by atoms with Crippen molar-refractivity contribution in [2.45, 2.75) is 12.8 Å². The first-order chi connectivity index (χ1) is 12.5. The van der Waals surface area contributed by atoms with Gasteiger partial charge in [-0.1, -0.05) is 23.2 Å². The van der Waals surface area contributed by atoms with Gasteiger partial charge >= 0.3 is 0 Å². The average Bonchev–Trinajstić information content (AvgIpc) is 2.60. The van der Waals surface area contributed by atoms with Crippen LogP contribution in [0.5, 0.6) is 0 Å². The number of aromatic nitrogens is 2. The van der Waals surface area contributed by atoms with E-state index in [0.29, 0.717) is 41.9 Å². The van der Waals surface area contributed by atoms with E-state index in [1.54, 1.807) is 18.2 Å². The molecule has 26 heavy (non-hydrogen) atoms. The van der Waals surface area contributed by atoms with Crippen molar-refractivity contribution in [2.24, 2.45) is 0 Å². The first-order valence-corrected chi connectivity index (χ1v) is 8.81. The normalized spacial score (nSPS) is 10.4. The van der Waals surface area contributed by atoms with E-state index in [-0.39, 0.29) is 5.49 Å². The standard InChI is InChI=1S/C17H20Cl2N6O/c18-14-8-13(9-15(19)10-14)2-1-6-24(7-5-22-12-26)17-4-3-16(21)25(11-20)23-17/h3-4,8-12,20-21H,1-2,5-7H2,(H,22,26). The number of aryl methyl sites for hydroxylation is 1. The quantitative estimate of drug-likeness (QED) is 0.249. The maximum Gasteiger partial charge on any atom is 0.207 e. The summed E-state index contributed by atoms with van der Waals surface area (Å²) in [4.78, 5) is 12.5. The Hall–Kier alpha value is -2.38. The molecule has 7 nitrogen and oxygen atoms in total. The molecule has 0 atom stereocenters. The lowest BCUT2D eigenvalue weighted by molar-refractivity contribution is -0.109. The highest BCUT2D eigenvalue weighted by atomic mass is 35.5. The zero-order valence-corrected chi connectivity index (χ0v) is 15.6. The number of carbonyl (C=O) groups excluding carboxylic acids is 1. The highest BCUT2D eigenvalue weighted by molar-refractivity contribution is 6.34. The molecule has 0 unspecified atom stereocenters. The maximum atomic E-state index is 10.5. The molecule has 3 N–H and O–H groups in total. The van der Waals surface area contributed by atoms with Gasteiger partial charge in [-0.05, 0) is 48.7 Å². The Morgan fingerprint density at radius 3 is 2.58 bits per heavy atom. The first kappa shape index (κ1) is 19.9. The Labute approximate surface area is 161 Å². The highest BCUT2D eigenvalue weighted by Crippen LogP contribution is 2.20. The number of amides is 1. The number of halogens is 2. The molecule has 1 amide bonds. The first-order valence-electron chi connectivity index (χ1n) is 8.05. The summed E-state index contributed by atoms with van der Waals surface area (Å²) >= 11 is 12.1. The van der Waals surface area contributed by atoms with Gasteiger partial charge in [0.2, 0.25) is 6.41 Å². The lowest BCUT2D eigenvalue weighted by Crippen LogP contribution is -2.35. The van der Waals surface area contributed by atoms with Gasteiger partial charge in [0.15, 0.2) is 0 Å². The predicted molar refractivity (Wildman–Crippen MR) is 103 cm³/mol. The van der Waals surface area contributed by atoms with Crippen LogP contribution in [0.2, 0.25) is 10.0 Å². The molecule has 2 aromatic rings. The molecule has 9 heteroatoms. The molecule has 0 saturated carbocycles. The van der Waals surface area contributed by atoms with Crippen LogP contribution in [0.15, 0.2) is 30.3 Å². The number of rotatable bonds is 10. The summed E-state index contributed by atoms with van der Waals surface area (Å²) in [6, 6.07) is 8.81. The second kappa shape index (κ2) is 9.94. The van der Waals surface area contributed by atoms with Crippen LogP contribution < -0.4 is 15.7 Å². The molecule has 0 fully saturated rings. The monoisotopic (exact) mass is 394 g/mol. The zero-order valence-electron chi connectivity index (χ0n) is 14.1. The van der Waals surface area contributed by atoms with E-state index in [1.165, 1.54) is 4.68 Å². The minimum Gasteiger partial charge on any atom is -0.357 e. The summed E-state index contributed by atoms with van der Waals surface area (Å²) in [5, 5.41) is 23.2. The van der Waals surface area contributed by atoms with Gasteiger partial charge in [-0.2, -0.15) is 0 Å². The molecule has 2 rings (SSSR count). The van der Waals surface area contributed by atoms with E-state index in [1.807, 2.05) is 17.0 Å². The molecule has 0 bridgehead atoms. The lowest BCUT2D eigenvalue weighted by Gasteiger charge is -2.23. The van der Waals surface area contributed by atoms with E-state index < -0.39 is 0 Å². The van der Waals surface area contributed by atoms with Gasteiger partial charge in [-0.15, -0.1) is 5.10 Å². The summed E-state index contributed by atoms with van der Waals surface area (Å²) in [7, 11) is 0. The Balaban J connectivity index is 2.07. The summed E-state index contributed by atoms with van der Waals surface area (Å²) in [5.41, 5.74) is 1.18. The maximum absolute atomic E-state index is 10.5. The van der Waals surface area contributed by atoms with E-state index in [9.17, 15) is 4.79 Å². The van der Waals surface area contributed by atoms with Gasteiger partial charge in [0.25, 0.3) is 0 Å². The van der Waals surface area contributed by atoms with Crippen LogP contribution in [-0.4, -0.2) is 42.2 Å². The number of hydrogen-bond donors (Lipinski definition) is 3. The van der Waals surface area contributed by atoms with Crippen LogP contribution in [0.3, 0.4) is 0 Å². The summed E-state index contributed by atoms with van der Waals surface area (Å²) in [6.45, 7) is 1.73. The number of carbonyl (C=O) groups is 1. The molecule has 0 aliphatic heterocycles. The Morgan fingerprint density at radius 2 is 1.92 bits per heavy atom. The van der Waals surface area contributed by atoms with Crippen LogP contribution in [0.4, 0.5) is 5.82 Å². The van der Waals surface area contributed by atoms with Gasteiger partial charge < -0.3 is 10.2 Å². The van der Waals surface area contributed by atoms with Crippen molar-refractivity contribution in [1.82, 2.24) is 15.1 Å². The third kappa shape index (κ3) is 5.86. The molecule has 0 saturated heterocycles. The Morgan fingerprint density at radius 1 is 1.19 bits per heavy atom. The predicted octanol–water partition coefficient (Wildman–Crippen LogP) is 2.31. The van der Waals surface area contributed by atoms with Gasteiger partial charge in [0.05, 0.1) is 0 Å². The van der Waals surface area contributed by atoms with Crippen LogP contribution in [0.25, 0.3) is 0 Å². The second-order valence-corrected chi connectivity index (χ2v) is 6.46. The smallest absolute Gasteiger partial charge is 0.207 e. The molecular weight excluding hydrogens is 375 g/mol. The number of nitrogens with zero attached hydrogens (tertiary/aromatic N) is 3. The van der Waals surface area contributed by atoms with E-state index >= 15 is 0 Å². The summed E-state index contributed by atoms with van der Waals surface area (Å²) in [6.07, 6.45) is 3.26. The fourth-order valence-electron chi connectivity index (χ4n) is 2.52. The van der Waals surface area contributed by atoms with Crippen LogP contribution in [-0.2, 0) is 11.2 Å². The molecule has 0 spiro atoms. The second-order valence-electron chi connectivity index (χ2n) is 5.59. The van der Waals surface area contributed by atoms with Crippen LogP contribution >= 0.6 is 23.2 Å². The van der Waals surface area contributed by atoms with E-state index in [0.717, 1.165) is 24.7 Å². The number of hydrogen-bond acceptors (Lipinski definition) is 5. The molecule has 0 aliphatic rings. The third-order valence-corrected chi connectivity index (χ3v) is 4.16. The fourth-order valence-corrected chi connectivity index (χ4v) is 3.09. The number of benzene rings is 1. The van der Waals surface area contributed by atoms with Crippen LogP contribution in [0, 0.1) is 10.8 Å². The lowest BCUT2D eigenvalue weighted by atomic mass is 10.1. The van der Waals surface area contributed by atoms with Crippen LogP contribution in [0.1, 0.15) is 12.0 Å². The topological polar surface area (TPSA) is 97.9 Å². The van der Waals surface area contributed by atoms with Crippen molar-refractivity contribution >= 4 is 41.8 Å². The van der Waals surface area contributed by atoms with Crippen molar-refractivity contribution in [2.75, 3.05) is 24.5 Å². The van der Waals surface area contributed by atoms with Crippen molar-refractivity contribution in [3.8, 4) is 0 Å². The Kier molecular flexibility index (Phi) is 7.62. The highest BCUT2D eigenvalue weighted by Gasteiger charge is 2.09. The third-order valence-electron chi connectivity index (χ3n) is 3.72. The van der Waals surface area contributed by atoms with E-state index in [2.05, 4.69) is 10.4 Å². The van der Waals surface area contributed by atoms with Crippen molar-refractivity contribution in [3.05, 3.63) is 51.4 Å². The zero-order chi connectivity index (χ0) is 18.9. The summed E-state index contributed by atoms with van der Waals surface area (Å²) in [5.74, 6) is 0.640. The molecule has 0 radical (unpaired) electrons. The molecule has 1 aromatic carbocycles. The van der Waals surface area contributed by atoms with E-state index in [4.69, 9.17) is 34.0 Å². The van der Waals surface area contributed by atoms with Crippen molar-refractivity contribution in [1.29, 1.82) is 10.8 Å². The molecule has 1 heterocycles. The number of nitrogens with one attached hydrogen (secondary N) is 3. The number of anilines is 1. The van der Waals surface area contributed by atoms with Gasteiger partial charge in [0.1, 0.15) is 17.6 Å². The fraction of sp³-hybridized carbons (Fsp3) is 0.294. The van der Waals surface area contributed by atoms with Gasteiger partial charge in [-0.3, -0.25) is 15.6 Å². The molecule has 138 valence electrons.